The summed E-state index contributed by atoms with van der Waals surface area (Å²) in [6.07, 6.45) is 2.97. The second kappa shape index (κ2) is 6.84. The van der Waals surface area contributed by atoms with E-state index in [9.17, 15) is 0 Å². The first-order valence-electron chi connectivity index (χ1n) is 6.51. The quantitative estimate of drug-likeness (QED) is 0.734. The van der Waals surface area contributed by atoms with E-state index in [-0.39, 0.29) is 0 Å². The van der Waals surface area contributed by atoms with Gasteiger partial charge in [-0.25, -0.2) is 0 Å². The maximum absolute atomic E-state index is 5.58. The van der Waals surface area contributed by atoms with E-state index >= 15 is 0 Å². The molecule has 2 heterocycles. The number of hydrogen-bond acceptors (Lipinski definition) is 4. The Hall–Kier alpha value is 0.230. The van der Waals surface area contributed by atoms with Gasteiger partial charge in [-0.3, -0.25) is 0 Å². The Labute approximate surface area is 103 Å². The van der Waals surface area contributed by atoms with Gasteiger partial charge >= 0.3 is 0 Å². The normalized spacial score (nSPS) is 32.1. The summed E-state index contributed by atoms with van der Waals surface area (Å²) in [5.74, 6) is 1.30. The number of rotatable bonds is 5. The number of ether oxygens (including phenoxy) is 1. The van der Waals surface area contributed by atoms with Gasteiger partial charge in [-0.05, 0) is 12.8 Å². The van der Waals surface area contributed by atoms with Crippen molar-refractivity contribution in [3.63, 3.8) is 0 Å². The van der Waals surface area contributed by atoms with E-state index in [1.54, 1.807) is 0 Å². The zero-order valence-corrected chi connectivity index (χ0v) is 11.1. The molecule has 0 amide bonds. The molecule has 0 radical (unpaired) electrons. The van der Waals surface area contributed by atoms with E-state index in [1.807, 2.05) is 0 Å². The van der Waals surface area contributed by atoms with Gasteiger partial charge < -0.3 is 15.0 Å². The lowest BCUT2D eigenvalue weighted by atomic mass is 10.2. The predicted molar refractivity (Wildman–Crippen MR) is 70.2 cm³/mol. The van der Waals surface area contributed by atoms with Gasteiger partial charge in [0.1, 0.15) is 0 Å². The Morgan fingerprint density at radius 1 is 1.50 bits per heavy atom. The van der Waals surface area contributed by atoms with Gasteiger partial charge in [0.15, 0.2) is 0 Å². The predicted octanol–water partition coefficient (Wildman–Crippen LogP) is 1.19. The second-order valence-corrected chi connectivity index (χ2v) is 6.37. The van der Waals surface area contributed by atoms with Crippen LogP contribution in [0.1, 0.15) is 19.8 Å². The van der Waals surface area contributed by atoms with Gasteiger partial charge in [-0.15, -0.1) is 0 Å². The molecule has 2 unspecified atom stereocenters. The minimum Gasteiger partial charge on any atom is -0.377 e. The molecular formula is C12H24N2OS. The van der Waals surface area contributed by atoms with Crippen LogP contribution in [0.4, 0.5) is 0 Å². The summed E-state index contributed by atoms with van der Waals surface area (Å²) in [5.41, 5.74) is 0. The molecular weight excluding hydrogens is 220 g/mol. The molecule has 2 aliphatic heterocycles. The Balaban J connectivity index is 1.50. The van der Waals surface area contributed by atoms with Crippen molar-refractivity contribution >= 4 is 11.8 Å². The molecule has 3 nitrogen and oxygen atoms in total. The minimum atomic E-state index is 0.482. The standard InChI is InChI=1S/C12H24N2OS/c1-11-10-14(6-8-16-11)5-4-13-9-12-3-2-7-15-12/h11-13H,2-10H2,1H3. The molecule has 1 N–H and O–H groups in total. The number of nitrogens with zero attached hydrogens (tertiary/aromatic N) is 1. The highest BCUT2D eigenvalue weighted by atomic mass is 32.2. The van der Waals surface area contributed by atoms with Crippen LogP contribution in [0.25, 0.3) is 0 Å². The maximum Gasteiger partial charge on any atom is 0.0700 e. The van der Waals surface area contributed by atoms with E-state index in [0.29, 0.717) is 6.10 Å². The topological polar surface area (TPSA) is 24.5 Å². The SMILES string of the molecule is CC1CN(CCNCC2CCCO2)CCS1. The smallest absolute Gasteiger partial charge is 0.0700 e. The van der Waals surface area contributed by atoms with Crippen LogP contribution < -0.4 is 5.32 Å². The third-order valence-corrected chi connectivity index (χ3v) is 4.46. The molecule has 0 bridgehead atoms. The molecule has 4 heteroatoms. The van der Waals surface area contributed by atoms with E-state index in [4.69, 9.17) is 4.74 Å². The molecule has 0 aromatic carbocycles. The lowest BCUT2D eigenvalue weighted by molar-refractivity contribution is 0.109. The molecule has 16 heavy (non-hydrogen) atoms. The Kier molecular flexibility index (Phi) is 5.42. The summed E-state index contributed by atoms with van der Waals surface area (Å²) in [6.45, 7) is 9.15. The van der Waals surface area contributed by atoms with E-state index < -0.39 is 0 Å². The molecule has 0 saturated carbocycles. The first kappa shape index (κ1) is 12.7. The third kappa shape index (κ3) is 4.24. The average molecular weight is 244 g/mol. The summed E-state index contributed by atoms with van der Waals surface area (Å²) in [6, 6.07) is 0. The molecule has 0 aromatic rings. The van der Waals surface area contributed by atoms with Crippen LogP contribution in [0.3, 0.4) is 0 Å². The fraction of sp³-hybridized carbons (Fsp3) is 1.00. The van der Waals surface area contributed by atoms with Crippen LogP contribution in [0.15, 0.2) is 0 Å². The Morgan fingerprint density at radius 3 is 3.19 bits per heavy atom. The summed E-state index contributed by atoms with van der Waals surface area (Å²) < 4.78 is 5.58. The first-order chi connectivity index (χ1) is 7.84. The molecule has 94 valence electrons. The van der Waals surface area contributed by atoms with Gasteiger partial charge in [0.05, 0.1) is 6.10 Å². The number of thioether (sulfide) groups is 1. The van der Waals surface area contributed by atoms with Crippen LogP contribution in [-0.2, 0) is 4.74 Å². The first-order valence-corrected chi connectivity index (χ1v) is 7.56. The van der Waals surface area contributed by atoms with Crippen LogP contribution in [0, 0.1) is 0 Å². The van der Waals surface area contributed by atoms with Crippen LogP contribution in [0.2, 0.25) is 0 Å². The molecule has 2 fully saturated rings. The van der Waals surface area contributed by atoms with E-state index in [2.05, 4.69) is 28.9 Å². The molecule has 2 saturated heterocycles. The van der Waals surface area contributed by atoms with E-state index in [0.717, 1.165) is 24.9 Å². The lowest BCUT2D eigenvalue weighted by Crippen LogP contribution is -2.41. The summed E-state index contributed by atoms with van der Waals surface area (Å²) in [4.78, 5) is 2.57. The fourth-order valence-corrected chi connectivity index (χ4v) is 3.48. The minimum absolute atomic E-state index is 0.482. The molecule has 2 rings (SSSR count). The van der Waals surface area contributed by atoms with E-state index in [1.165, 1.54) is 38.2 Å². The van der Waals surface area contributed by atoms with Crippen molar-refractivity contribution in [2.75, 3.05) is 45.1 Å². The van der Waals surface area contributed by atoms with Gasteiger partial charge in [-0.2, -0.15) is 11.8 Å². The number of nitrogens with one attached hydrogen (secondary N) is 1. The Morgan fingerprint density at radius 2 is 2.44 bits per heavy atom. The van der Waals surface area contributed by atoms with Crippen molar-refractivity contribution in [1.82, 2.24) is 10.2 Å². The lowest BCUT2D eigenvalue weighted by Gasteiger charge is -2.30. The summed E-state index contributed by atoms with van der Waals surface area (Å²) in [5, 5.41) is 4.33. The van der Waals surface area contributed by atoms with Crippen LogP contribution >= 0.6 is 11.8 Å². The number of hydrogen-bond donors (Lipinski definition) is 1. The molecule has 0 aliphatic carbocycles. The van der Waals surface area contributed by atoms with Crippen molar-refractivity contribution in [3.8, 4) is 0 Å². The van der Waals surface area contributed by atoms with Gasteiger partial charge in [-0.1, -0.05) is 6.92 Å². The average Bonchev–Trinajstić information content (AvgIpc) is 2.77. The maximum atomic E-state index is 5.58. The molecule has 2 atom stereocenters. The fourth-order valence-electron chi connectivity index (χ4n) is 2.40. The second-order valence-electron chi connectivity index (χ2n) is 4.82. The molecule has 0 spiro atoms. The van der Waals surface area contributed by atoms with Crippen molar-refractivity contribution in [3.05, 3.63) is 0 Å². The van der Waals surface area contributed by atoms with Crippen LogP contribution in [0.5, 0.6) is 0 Å². The van der Waals surface area contributed by atoms with Crippen molar-refractivity contribution in [1.29, 1.82) is 0 Å². The van der Waals surface area contributed by atoms with Crippen molar-refractivity contribution in [2.24, 2.45) is 0 Å². The molecule has 2 aliphatic rings. The molecule has 0 aromatic heterocycles. The summed E-state index contributed by atoms with van der Waals surface area (Å²) >= 11 is 2.10. The third-order valence-electron chi connectivity index (χ3n) is 3.33. The highest BCUT2D eigenvalue weighted by molar-refractivity contribution is 7.99. The Bertz CT molecular complexity index is 197. The van der Waals surface area contributed by atoms with Gasteiger partial charge in [0, 0.05) is 50.3 Å². The van der Waals surface area contributed by atoms with Crippen LogP contribution in [-0.4, -0.2) is 61.3 Å². The van der Waals surface area contributed by atoms with Gasteiger partial charge in [0.25, 0.3) is 0 Å². The van der Waals surface area contributed by atoms with Crippen molar-refractivity contribution in [2.45, 2.75) is 31.1 Å². The monoisotopic (exact) mass is 244 g/mol. The summed E-state index contributed by atoms with van der Waals surface area (Å²) in [7, 11) is 0. The zero-order valence-electron chi connectivity index (χ0n) is 10.3. The highest BCUT2D eigenvalue weighted by Gasteiger charge is 2.17. The van der Waals surface area contributed by atoms with Gasteiger partial charge in [0.2, 0.25) is 0 Å². The highest BCUT2D eigenvalue weighted by Crippen LogP contribution is 2.17. The largest absolute Gasteiger partial charge is 0.377 e. The van der Waals surface area contributed by atoms with Crippen molar-refractivity contribution < 1.29 is 4.74 Å². The zero-order chi connectivity index (χ0) is 11.2.